The smallest absolute Gasteiger partial charge is 0.413 e. The molecule has 2 aromatic rings. The van der Waals surface area contributed by atoms with Gasteiger partial charge in [0.15, 0.2) is 16.6 Å². The minimum Gasteiger partial charge on any atom is -0.480 e. The summed E-state index contributed by atoms with van der Waals surface area (Å²) in [5.74, 6) is -5.92. The zero-order valence-electron chi connectivity index (χ0n) is 31.9. The van der Waals surface area contributed by atoms with E-state index in [9.17, 15) is 28.8 Å². The molecule has 6 atom stereocenters. The fourth-order valence-electron chi connectivity index (χ4n) is 4.75. The predicted octanol–water partition coefficient (Wildman–Crippen LogP) is 5.08. The molecule has 1 aromatic heterocycles. The number of carboxylic acids is 1. The van der Waals surface area contributed by atoms with Gasteiger partial charge < -0.3 is 32.7 Å². The van der Waals surface area contributed by atoms with Gasteiger partial charge in [-0.25, -0.2) is 24.3 Å². The number of carbonyl (C=O) groups is 3. The Bertz CT molecular complexity index is 1740. The predicted molar refractivity (Wildman–Crippen MR) is 197 cm³/mol. The summed E-state index contributed by atoms with van der Waals surface area (Å²) in [4.78, 5) is 52.9. The van der Waals surface area contributed by atoms with E-state index in [1.807, 2.05) is 19.6 Å². The number of alkyl halides is 2. The van der Waals surface area contributed by atoms with Crippen molar-refractivity contribution in [1.29, 1.82) is 0 Å². The van der Waals surface area contributed by atoms with Crippen LogP contribution in [0.5, 0.6) is 5.75 Å². The Morgan fingerprint density at radius 3 is 2.15 bits per heavy atom. The lowest BCUT2D eigenvalue weighted by molar-refractivity contribution is -0.149. The first-order valence-corrected chi connectivity index (χ1v) is 25.5. The number of benzene rings is 1. The molecule has 1 unspecified atom stereocenters. The maximum absolute atomic E-state index is 15.8. The number of hydrogen-bond donors (Lipinski definition) is 4. The molecular formula is C32H50F2N5O12PSi2. The summed E-state index contributed by atoms with van der Waals surface area (Å²) in [6, 6.07) is 4.36. The Balaban J connectivity index is 1.66. The monoisotopic (exact) mass is 821 g/mol. The van der Waals surface area contributed by atoms with Crippen LogP contribution in [0.4, 0.5) is 19.4 Å². The number of esters is 1. The third-order valence-electron chi connectivity index (χ3n) is 7.15. The molecule has 0 spiro atoms. The van der Waals surface area contributed by atoms with E-state index in [1.54, 1.807) is 33.5 Å². The lowest BCUT2D eigenvalue weighted by Crippen LogP contribution is -2.49. The molecule has 1 saturated heterocycles. The Kier molecular flexibility index (Phi) is 14.9. The molecule has 1 aliphatic heterocycles. The van der Waals surface area contributed by atoms with Gasteiger partial charge in [0, 0.05) is 6.20 Å². The van der Waals surface area contributed by atoms with Crippen LogP contribution in [0.2, 0.25) is 39.3 Å². The molecule has 0 aliphatic carbocycles. The van der Waals surface area contributed by atoms with Gasteiger partial charge in [-0.1, -0.05) is 12.1 Å². The summed E-state index contributed by atoms with van der Waals surface area (Å²) in [5.41, 5.74) is -0.676. The topological polar surface area (TPSA) is 215 Å². The molecule has 2 heterocycles. The lowest BCUT2D eigenvalue weighted by atomic mass is 10.1. The van der Waals surface area contributed by atoms with Crippen LogP contribution < -0.4 is 25.7 Å². The SMILES string of the molecule is CC(C)OC(=O)[C@H](C)NP(=O)(N[C@@H](C)C(=O)O)Oc1ccc(COC(=O)Nc2ccn([C@@H]3O[C@H](CO[Si](C)(C)C)[C@@H](O[Si](C)(C)C)C3(F)F)c(=O)n2)cc1. The second-order valence-corrected chi connectivity index (χ2v) is 25.6. The van der Waals surface area contributed by atoms with Crippen LogP contribution in [0, 0.1) is 0 Å². The van der Waals surface area contributed by atoms with Crippen molar-refractivity contribution >= 4 is 48.2 Å². The molecule has 1 amide bonds. The zero-order valence-corrected chi connectivity index (χ0v) is 34.8. The highest BCUT2D eigenvalue weighted by Gasteiger charge is 2.62. The average molecular weight is 822 g/mol. The van der Waals surface area contributed by atoms with E-state index in [0.29, 0.717) is 10.1 Å². The minimum absolute atomic E-state index is 0.0170. The highest BCUT2D eigenvalue weighted by Crippen LogP contribution is 2.45. The van der Waals surface area contributed by atoms with E-state index >= 15 is 8.78 Å². The van der Waals surface area contributed by atoms with Crippen LogP contribution in [0.25, 0.3) is 0 Å². The first-order valence-electron chi connectivity index (χ1n) is 17.0. The van der Waals surface area contributed by atoms with Crippen LogP contribution >= 0.6 is 7.67 Å². The van der Waals surface area contributed by atoms with Crippen molar-refractivity contribution < 1.29 is 60.4 Å². The normalized spacial score (nSPS) is 20.8. The number of aromatic nitrogens is 2. The number of hydrogen-bond acceptors (Lipinski definition) is 12. The number of amides is 1. The molecule has 0 saturated carbocycles. The minimum atomic E-state index is -4.21. The van der Waals surface area contributed by atoms with E-state index < -0.39 is 90.6 Å². The van der Waals surface area contributed by atoms with E-state index in [0.717, 1.165) is 12.3 Å². The van der Waals surface area contributed by atoms with Crippen molar-refractivity contribution in [2.75, 3.05) is 11.9 Å². The number of carbonyl (C=O) groups excluding carboxylic acids is 2. The third-order valence-corrected chi connectivity index (χ3v) is 11.1. The van der Waals surface area contributed by atoms with Crippen LogP contribution in [0.3, 0.4) is 0 Å². The van der Waals surface area contributed by atoms with Gasteiger partial charge in [-0.05, 0) is 90.7 Å². The summed E-state index contributed by atoms with van der Waals surface area (Å²) < 4.78 is 79.1. The number of aliphatic carboxylic acids is 1. The molecule has 1 fully saturated rings. The Morgan fingerprint density at radius 2 is 1.61 bits per heavy atom. The van der Waals surface area contributed by atoms with Crippen LogP contribution in [0.1, 0.15) is 39.5 Å². The van der Waals surface area contributed by atoms with E-state index in [4.69, 9.17) is 27.6 Å². The van der Waals surface area contributed by atoms with Crippen LogP contribution in [-0.2, 0) is 43.8 Å². The Morgan fingerprint density at radius 1 is 1.00 bits per heavy atom. The van der Waals surface area contributed by atoms with E-state index in [1.165, 1.54) is 38.1 Å². The molecule has 17 nitrogen and oxygen atoms in total. The summed E-state index contributed by atoms with van der Waals surface area (Å²) in [7, 11) is -8.80. The van der Waals surface area contributed by atoms with Crippen molar-refractivity contribution in [2.24, 2.45) is 0 Å². The number of carboxylic acid groups (broad SMARTS) is 1. The van der Waals surface area contributed by atoms with E-state index in [-0.39, 0.29) is 24.8 Å². The zero-order chi connectivity index (χ0) is 40.8. The molecule has 1 aromatic carbocycles. The highest BCUT2D eigenvalue weighted by atomic mass is 31.2. The first kappa shape index (κ1) is 44.8. The number of rotatable bonds is 18. The molecule has 3 rings (SSSR count). The van der Waals surface area contributed by atoms with Crippen molar-refractivity contribution in [1.82, 2.24) is 19.7 Å². The average Bonchev–Trinajstić information content (AvgIpc) is 3.26. The Hall–Kier alpha value is -3.57. The molecule has 4 N–H and O–H groups in total. The van der Waals surface area contributed by atoms with E-state index in [2.05, 4.69) is 20.5 Å². The summed E-state index contributed by atoms with van der Waals surface area (Å²) in [6.45, 7) is 16.5. The number of nitrogens with zero attached hydrogens (tertiary/aromatic N) is 2. The fraction of sp³-hybridized carbons (Fsp3) is 0.594. The molecule has 54 heavy (non-hydrogen) atoms. The largest absolute Gasteiger partial charge is 0.480 e. The van der Waals surface area contributed by atoms with Gasteiger partial charge in [0.2, 0.25) is 6.23 Å². The van der Waals surface area contributed by atoms with Gasteiger partial charge in [-0.3, -0.25) is 19.5 Å². The molecule has 302 valence electrons. The second kappa shape index (κ2) is 17.9. The Labute approximate surface area is 314 Å². The van der Waals surface area contributed by atoms with Crippen molar-refractivity contribution in [3.05, 3.63) is 52.6 Å². The van der Waals surface area contributed by atoms with Crippen molar-refractivity contribution in [3.63, 3.8) is 0 Å². The second-order valence-electron chi connectivity index (χ2n) is 14.8. The summed E-state index contributed by atoms with van der Waals surface area (Å²) in [5, 5.41) is 16.4. The molecular weight excluding hydrogens is 772 g/mol. The summed E-state index contributed by atoms with van der Waals surface area (Å²) >= 11 is 0. The summed E-state index contributed by atoms with van der Waals surface area (Å²) in [6.07, 6.45) is -5.27. The maximum Gasteiger partial charge on any atom is 0.413 e. The first-order chi connectivity index (χ1) is 24.8. The van der Waals surface area contributed by atoms with Gasteiger partial charge in [0.05, 0.1) is 12.7 Å². The maximum atomic E-state index is 15.8. The van der Waals surface area contributed by atoms with Crippen molar-refractivity contribution in [2.45, 2.75) is 116 Å². The molecule has 0 bridgehead atoms. The van der Waals surface area contributed by atoms with Gasteiger partial charge >= 0.3 is 37.3 Å². The highest BCUT2D eigenvalue weighted by molar-refractivity contribution is 7.55. The van der Waals surface area contributed by atoms with Crippen LogP contribution in [-0.4, -0.2) is 92.2 Å². The number of halogens is 2. The van der Waals surface area contributed by atoms with Crippen molar-refractivity contribution in [3.8, 4) is 5.75 Å². The lowest BCUT2D eigenvalue weighted by Gasteiger charge is -2.31. The number of anilines is 1. The standard InChI is InChI=1S/C32H50F2N5O12PSi2/c1-19(2)48-28(42)21(4)38-52(45,37-20(3)27(40)41)50-23-13-11-22(12-14-23)17-46-31(44)36-25-15-16-39(30(43)35-25)29-32(33,34)26(51-54(8,9)10)24(49-29)18-47-53(5,6)7/h11-16,19-21,24,26,29H,17-18H2,1-10H3,(H,40,41)(H2,37,38,45)(H,35,36,43,44)/t20-,21-,24+,26+,29+,52?/m0/s1. The molecule has 22 heteroatoms. The fourth-order valence-corrected chi connectivity index (χ4v) is 8.32. The van der Waals surface area contributed by atoms with Crippen LogP contribution in [0.15, 0.2) is 41.3 Å². The number of nitrogens with one attached hydrogen (secondary N) is 3. The number of ether oxygens (including phenoxy) is 3. The quantitative estimate of drug-likeness (QED) is 0.0877. The van der Waals surface area contributed by atoms with Gasteiger partial charge in [0.1, 0.15) is 42.5 Å². The molecule has 1 aliphatic rings. The van der Waals surface area contributed by atoms with Gasteiger partial charge in [-0.2, -0.15) is 13.8 Å². The third kappa shape index (κ3) is 13.3. The van der Waals surface area contributed by atoms with Gasteiger partial charge in [-0.15, -0.1) is 0 Å². The molecule has 0 radical (unpaired) electrons. The van der Waals surface area contributed by atoms with Gasteiger partial charge in [0.25, 0.3) is 0 Å².